The van der Waals surface area contributed by atoms with Gasteiger partial charge in [-0.15, -0.1) is 0 Å². The van der Waals surface area contributed by atoms with Crippen molar-refractivity contribution < 1.29 is 8.42 Å². The summed E-state index contributed by atoms with van der Waals surface area (Å²) in [6.45, 7) is 6.32. The molecule has 1 aromatic heterocycles. The number of benzene rings is 1. The van der Waals surface area contributed by atoms with Crippen molar-refractivity contribution in [2.24, 2.45) is 0 Å². The van der Waals surface area contributed by atoms with E-state index in [1.54, 1.807) is 19.2 Å². The Morgan fingerprint density at radius 1 is 1.07 bits per heavy atom. The SMILES string of the molecule is CCS(=O)(=O)Nc1ccc(N2CCN(C/C=C/c3ccccc3)CC2)nc1. The van der Waals surface area contributed by atoms with Gasteiger partial charge in [0.25, 0.3) is 0 Å². The molecule has 7 heteroatoms. The Morgan fingerprint density at radius 2 is 1.81 bits per heavy atom. The van der Waals surface area contributed by atoms with Crippen LogP contribution in [0, 0.1) is 0 Å². The molecule has 144 valence electrons. The lowest BCUT2D eigenvalue weighted by Gasteiger charge is -2.34. The standard InChI is InChI=1S/C20H26N4O2S/c1-2-27(25,26)22-19-10-11-20(21-17-19)24-15-13-23(14-16-24)12-6-9-18-7-4-3-5-8-18/h3-11,17,22H,2,12-16H2,1H3/b9-6+. The molecule has 2 heterocycles. The van der Waals surface area contributed by atoms with Crippen LogP contribution in [0.1, 0.15) is 12.5 Å². The molecule has 1 aliphatic heterocycles. The van der Waals surface area contributed by atoms with Gasteiger partial charge in [0.15, 0.2) is 0 Å². The minimum Gasteiger partial charge on any atom is -0.354 e. The van der Waals surface area contributed by atoms with Crippen LogP contribution in [-0.2, 0) is 10.0 Å². The first-order valence-corrected chi connectivity index (χ1v) is 10.9. The minimum atomic E-state index is -3.26. The van der Waals surface area contributed by atoms with Crippen LogP contribution in [-0.4, -0.2) is 56.8 Å². The van der Waals surface area contributed by atoms with Gasteiger partial charge in [-0.25, -0.2) is 13.4 Å². The molecule has 3 rings (SSSR count). The van der Waals surface area contributed by atoms with E-state index in [0.29, 0.717) is 5.69 Å². The van der Waals surface area contributed by atoms with E-state index in [1.165, 1.54) is 5.56 Å². The number of aromatic nitrogens is 1. The second kappa shape index (κ2) is 9.01. The van der Waals surface area contributed by atoms with Gasteiger partial charge in [-0.05, 0) is 24.6 Å². The zero-order chi connectivity index (χ0) is 19.1. The Morgan fingerprint density at radius 3 is 2.44 bits per heavy atom. The highest BCUT2D eigenvalue weighted by Gasteiger charge is 2.17. The van der Waals surface area contributed by atoms with E-state index in [0.717, 1.165) is 38.5 Å². The van der Waals surface area contributed by atoms with Crippen LogP contribution in [0.3, 0.4) is 0 Å². The summed E-state index contributed by atoms with van der Waals surface area (Å²) in [6, 6.07) is 14.0. The van der Waals surface area contributed by atoms with Gasteiger partial charge in [0.2, 0.25) is 10.0 Å². The second-order valence-corrected chi connectivity index (χ2v) is 8.52. The van der Waals surface area contributed by atoms with Crippen LogP contribution >= 0.6 is 0 Å². The van der Waals surface area contributed by atoms with Crippen LogP contribution in [0.25, 0.3) is 6.08 Å². The van der Waals surface area contributed by atoms with Gasteiger partial charge in [0, 0.05) is 32.7 Å². The van der Waals surface area contributed by atoms with Gasteiger partial charge >= 0.3 is 0 Å². The number of nitrogens with one attached hydrogen (secondary N) is 1. The summed E-state index contributed by atoms with van der Waals surface area (Å²) in [7, 11) is -3.26. The van der Waals surface area contributed by atoms with Crippen molar-refractivity contribution in [2.45, 2.75) is 6.92 Å². The first-order valence-electron chi connectivity index (χ1n) is 9.21. The van der Waals surface area contributed by atoms with Gasteiger partial charge in [-0.1, -0.05) is 42.5 Å². The van der Waals surface area contributed by atoms with Crippen LogP contribution in [0.15, 0.2) is 54.7 Å². The molecule has 0 atom stereocenters. The van der Waals surface area contributed by atoms with Crippen molar-refractivity contribution in [3.8, 4) is 0 Å². The van der Waals surface area contributed by atoms with Crippen molar-refractivity contribution in [3.05, 3.63) is 60.3 Å². The molecule has 1 saturated heterocycles. The zero-order valence-electron chi connectivity index (χ0n) is 15.6. The summed E-state index contributed by atoms with van der Waals surface area (Å²) in [6.07, 6.45) is 5.94. The van der Waals surface area contributed by atoms with Crippen molar-refractivity contribution in [1.82, 2.24) is 9.88 Å². The predicted molar refractivity (Wildman–Crippen MR) is 111 cm³/mol. The monoisotopic (exact) mass is 386 g/mol. The number of piperazine rings is 1. The Labute approximate surface area is 161 Å². The Balaban J connectivity index is 1.48. The fraction of sp³-hybridized carbons (Fsp3) is 0.350. The molecule has 1 N–H and O–H groups in total. The number of sulfonamides is 1. The van der Waals surface area contributed by atoms with E-state index < -0.39 is 10.0 Å². The summed E-state index contributed by atoms with van der Waals surface area (Å²) in [5, 5.41) is 0. The molecule has 2 aromatic rings. The summed E-state index contributed by atoms with van der Waals surface area (Å²) in [5.74, 6) is 0.934. The number of hydrogen-bond acceptors (Lipinski definition) is 5. The van der Waals surface area contributed by atoms with Crippen molar-refractivity contribution >= 4 is 27.6 Å². The smallest absolute Gasteiger partial charge is 0.232 e. The van der Waals surface area contributed by atoms with Gasteiger partial charge < -0.3 is 4.90 Å². The number of pyridine rings is 1. The lowest BCUT2D eigenvalue weighted by atomic mass is 10.2. The summed E-state index contributed by atoms with van der Waals surface area (Å²) < 4.78 is 25.7. The average Bonchev–Trinajstić information content (AvgIpc) is 2.70. The van der Waals surface area contributed by atoms with Gasteiger partial charge in [-0.3, -0.25) is 9.62 Å². The molecular formula is C20H26N4O2S. The maximum absolute atomic E-state index is 11.6. The first kappa shape index (κ1) is 19.4. The largest absolute Gasteiger partial charge is 0.354 e. The highest BCUT2D eigenvalue weighted by molar-refractivity contribution is 7.92. The Kier molecular flexibility index (Phi) is 6.47. The van der Waals surface area contributed by atoms with Crippen LogP contribution in [0.4, 0.5) is 11.5 Å². The van der Waals surface area contributed by atoms with Crippen molar-refractivity contribution in [3.63, 3.8) is 0 Å². The fourth-order valence-corrected chi connectivity index (χ4v) is 3.57. The molecule has 1 aliphatic rings. The maximum atomic E-state index is 11.6. The average molecular weight is 387 g/mol. The number of nitrogens with zero attached hydrogens (tertiary/aromatic N) is 3. The van der Waals surface area contributed by atoms with Gasteiger partial charge in [0.1, 0.15) is 5.82 Å². The second-order valence-electron chi connectivity index (χ2n) is 6.51. The molecule has 0 unspecified atom stereocenters. The van der Waals surface area contributed by atoms with E-state index in [9.17, 15) is 8.42 Å². The van der Waals surface area contributed by atoms with Crippen LogP contribution in [0.5, 0.6) is 0 Å². The molecule has 0 amide bonds. The third-order valence-electron chi connectivity index (χ3n) is 4.57. The fourth-order valence-electron chi connectivity index (χ4n) is 2.95. The number of hydrogen-bond donors (Lipinski definition) is 1. The van der Waals surface area contributed by atoms with Crippen LogP contribution < -0.4 is 9.62 Å². The minimum absolute atomic E-state index is 0.0510. The molecule has 0 aliphatic carbocycles. The lowest BCUT2D eigenvalue weighted by Crippen LogP contribution is -2.46. The molecule has 6 nitrogen and oxygen atoms in total. The summed E-state index contributed by atoms with van der Waals surface area (Å²) in [4.78, 5) is 9.06. The molecular weight excluding hydrogens is 360 g/mol. The normalized spacial score (nSPS) is 16.0. The molecule has 0 spiro atoms. The predicted octanol–water partition coefficient (Wildman–Crippen LogP) is 2.68. The quantitative estimate of drug-likeness (QED) is 0.793. The summed E-state index contributed by atoms with van der Waals surface area (Å²) >= 11 is 0. The molecule has 0 saturated carbocycles. The van der Waals surface area contributed by atoms with E-state index in [4.69, 9.17) is 0 Å². The first-order chi connectivity index (χ1) is 13.1. The van der Waals surface area contributed by atoms with Gasteiger partial charge in [-0.2, -0.15) is 0 Å². The van der Waals surface area contributed by atoms with E-state index in [-0.39, 0.29) is 5.75 Å². The highest BCUT2D eigenvalue weighted by Crippen LogP contribution is 2.17. The lowest BCUT2D eigenvalue weighted by molar-refractivity contribution is 0.283. The third kappa shape index (κ3) is 5.80. The Hall–Kier alpha value is -2.38. The summed E-state index contributed by atoms with van der Waals surface area (Å²) in [5.41, 5.74) is 1.73. The molecule has 1 fully saturated rings. The van der Waals surface area contributed by atoms with E-state index in [2.05, 4.69) is 43.8 Å². The number of anilines is 2. The molecule has 1 aromatic carbocycles. The Bertz CT molecular complexity index is 843. The maximum Gasteiger partial charge on any atom is 0.232 e. The molecule has 0 bridgehead atoms. The van der Waals surface area contributed by atoms with E-state index in [1.807, 2.05) is 24.3 Å². The topological polar surface area (TPSA) is 65.5 Å². The van der Waals surface area contributed by atoms with E-state index >= 15 is 0 Å². The van der Waals surface area contributed by atoms with Crippen molar-refractivity contribution in [1.29, 1.82) is 0 Å². The highest BCUT2D eigenvalue weighted by atomic mass is 32.2. The van der Waals surface area contributed by atoms with Gasteiger partial charge in [0.05, 0.1) is 17.6 Å². The van der Waals surface area contributed by atoms with Crippen LogP contribution in [0.2, 0.25) is 0 Å². The van der Waals surface area contributed by atoms with Crippen molar-refractivity contribution in [2.75, 3.05) is 48.1 Å². The number of rotatable bonds is 7. The molecule has 27 heavy (non-hydrogen) atoms. The zero-order valence-corrected chi connectivity index (χ0v) is 16.4. The molecule has 0 radical (unpaired) electrons. The third-order valence-corrected chi connectivity index (χ3v) is 5.88.